The van der Waals surface area contributed by atoms with Crippen LogP contribution in [0.25, 0.3) is 0 Å². The molecule has 0 heterocycles. The Kier molecular flexibility index (Phi) is 6.26. The zero-order valence-electron chi connectivity index (χ0n) is 13.7. The second-order valence-electron chi connectivity index (χ2n) is 4.83. The maximum absolute atomic E-state index is 11.9. The van der Waals surface area contributed by atoms with Crippen LogP contribution in [0.1, 0.15) is 26.3 Å². The smallest absolute Gasteiger partial charge is 0.338 e. The Labute approximate surface area is 144 Å². The Morgan fingerprint density at radius 1 is 0.917 bits per heavy atom. The lowest BCUT2D eigenvalue weighted by molar-refractivity contribution is 0.0583. The van der Waals surface area contributed by atoms with Gasteiger partial charge in [0.1, 0.15) is 5.75 Å². The number of esters is 2. The Hall–Kier alpha value is -2.47. The van der Waals surface area contributed by atoms with Crippen molar-refractivity contribution in [3.63, 3.8) is 0 Å². The number of thioether (sulfide) groups is 1. The zero-order chi connectivity index (χ0) is 17.5. The molecule has 0 fully saturated rings. The van der Waals surface area contributed by atoms with E-state index in [0.29, 0.717) is 21.8 Å². The molecule has 5 nitrogen and oxygen atoms in total. The molecule has 2 rings (SSSR count). The predicted molar refractivity (Wildman–Crippen MR) is 91.7 cm³/mol. The van der Waals surface area contributed by atoms with Gasteiger partial charge in [-0.05, 0) is 35.9 Å². The number of ether oxygens (including phenoxy) is 3. The van der Waals surface area contributed by atoms with E-state index in [1.165, 1.54) is 26.0 Å². The number of methoxy groups -OCH3 is 3. The van der Waals surface area contributed by atoms with Crippen LogP contribution in [-0.4, -0.2) is 33.3 Å². The molecular weight excluding hydrogens is 328 g/mol. The van der Waals surface area contributed by atoms with E-state index < -0.39 is 11.9 Å². The van der Waals surface area contributed by atoms with Crippen LogP contribution in [0, 0.1) is 0 Å². The van der Waals surface area contributed by atoms with E-state index in [1.54, 1.807) is 25.3 Å². The van der Waals surface area contributed by atoms with Gasteiger partial charge < -0.3 is 14.2 Å². The number of carbonyl (C=O) groups is 2. The van der Waals surface area contributed by atoms with Crippen LogP contribution in [0.3, 0.4) is 0 Å². The minimum absolute atomic E-state index is 0.391. The number of carbonyl (C=O) groups excluding carboxylic acids is 2. The van der Waals surface area contributed by atoms with Crippen LogP contribution in [-0.2, 0) is 15.2 Å². The highest BCUT2D eigenvalue weighted by atomic mass is 32.2. The first kappa shape index (κ1) is 17.9. The lowest BCUT2D eigenvalue weighted by Crippen LogP contribution is -2.07. The quantitative estimate of drug-likeness (QED) is 0.589. The lowest BCUT2D eigenvalue weighted by atomic mass is 10.1. The zero-order valence-corrected chi connectivity index (χ0v) is 14.5. The maximum Gasteiger partial charge on any atom is 0.338 e. The highest BCUT2D eigenvalue weighted by molar-refractivity contribution is 7.98. The topological polar surface area (TPSA) is 61.8 Å². The first-order valence-corrected chi connectivity index (χ1v) is 8.14. The Bertz CT molecular complexity index is 725. The molecule has 0 N–H and O–H groups in total. The standard InChI is InChI=1S/C18H18O5S/c1-21-14-7-4-12(5-8-14)11-24-16-10-13(17(19)22-2)6-9-15(16)18(20)23-3/h4-10H,11H2,1-3H3. The number of benzene rings is 2. The molecule has 0 saturated heterocycles. The van der Waals surface area contributed by atoms with E-state index in [1.807, 2.05) is 24.3 Å². The largest absolute Gasteiger partial charge is 0.497 e. The van der Waals surface area contributed by atoms with Crippen LogP contribution >= 0.6 is 11.8 Å². The minimum atomic E-state index is -0.447. The fourth-order valence-corrected chi connectivity index (χ4v) is 3.08. The van der Waals surface area contributed by atoms with Crippen LogP contribution in [0.2, 0.25) is 0 Å². The van der Waals surface area contributed by atoms with Crippen LogP contribution in [0.15, 0.2) is 47.4 Å². The van der Waals surface area contributed by atoms with E-state index in [0.717, 1.165) is 11.3 Å². The van der Waals surface area contributed by atoms with Crippen molar-refractivity contribution in [3.05, 3.63) is 59.2 Å². The molecule has 0 aliphatic rings. The van der Waals surface area contributed by atoms with Crippen molar-refractivity contribution >= 4 is 23.7 Å². The molecule has 0 amide bonds. The van der Waals surface area contributed by atoms with Crippen molar-refractivity contribution in [2.45, 2.75) is 10.6 Å². The first-order valence-electron chi connectivity index (χ1n) is 7.15. The van der Waals surface area contributed by atoms with Crippen LogP contribution < -0.4 is 4.74 Å². The molecule has 0 saturated carbocycles. The normalized spacial score (nSPS) is 10.1. The molecule has 24 heavy (non-hydrogen) atoms. The maximum atomic E-state index is 11.9. The van der Waals surface area contributed by atoms with Crippen molar-refractivity contribution in [1.82, 2.24) is 0 Å². The monoisotopic (exact) mass is 346 g/mol. The van der Waals surface area contributed by atoms with E-state index in [9.17, 15) is 9.59 Å². The fraction of sp³-hybridized carbons (Fsp3) is 0.222. The molecule has 0 spiro atoms. The van der Waals surface area contributed by atoms with Gasteiger partial charge in [-0.2, -0.15) is 0 Å². The predicted octanol–water partition coefficient (Wildman–Crippen LogP) is 3.56. The Morgan fingerprint density at radius 2 is 1.58 bits per heavy atom. The summed E-state index contributed by atoms with van der Waals surface area (Å²) in [7, 11) is 4.26. The fourth-order valence-electron chi connectivity index (χ4n) is 2.05. The minimum Gasteiger partial charge on any atom is -0.497 e. The number of hydrogen-bond donors (Lipinski definition) is 0. The van der Waals surface area contributed by atoms with Crippen molar-refractivity contribution in [2.24, 2.45) is 0 Å². The van der Waals surface area contributed by atoms with Gasteiger partial charge in [0.2, 0.25) is 0 Å². The van der Waals surface area contributed by atoms with Gasteiger partial charge in [0.05, 0.1) is 32.5 Å². The van der Waals surface area contributed by atoms with Crippen molar-refractivity contribution in [1.29, 1.82) is 0 Å². The average Bonchev–Trinajstić information content (AvgIpc) is 2.65. The van der Waals surface area contributed by atoms with Crippen LogP contribution in [0.4, 0.5) is 0 Å². The summed E-state index contributed by atoms with van der Waals surface area (Å²) in [5.74, 6) is 0.534. The van der Waals surface area contributed by atoms with E-state index in [4.69, 9.17) is 14.2 Å². The Morgan fingerprint density at radius 3 is 2.17 bits per heavy atom. The molecule has 126 valence electrons. The molecule has 0 radical (unpaired) electrons. The second kappa shape index (κ2) is 8.40. The molecule has 0 bridgehead atoms. The second-order valence-corrected chi connectivity index (χ2v) is 5.85. The van der Waals surface area contributed by atoms with Gasteiger partial charge in [-0.1, -0.05) is 12.1 Å². The van der Waals surface area contributed by atoms with Gasteiger partial charge in [-0.25, -0.2) is 9.59 Å². The van der Waals surface area contributed by atoms with Gasteiger partial charge >= 0.3 is 11.9 Å². The highest BCUT2D eigenvalue weighted by Gasteiger charge is 2.16. The van der Waals surface area contributed by atoms with Gasteiger partial charge in [0.15, 0.2) is 0 Å². The van der Waals surface area contributed by atoms with Gasteiger partial charge in [-0.3, -0.25) is 0 Å². The third-order valence-corrected chi connectivity index (χ3v) is 4.49. The molecule has 0 aromatic heterocycles. The van der Waals surface area contributed by atoms with Gasteiger partial charge in [-0.15, -0.1) is 11.8 Å². The van der Waals surface area contributed by atoms with E-state index >= 15 is 0 Å². The summed E-state index contributed by atoms with van der Waals surface area (Å²) in [6.45, 7) is 0. The summed E-state index contributed by atoms with van der Waals surface area (Å²) in [4.78, 5) is 24.3. The molecule has 0 aliphatic carbocycles. The molecule has 0 unspecified atom stereocenters. The number of hydrogen-bond acceptors (Lipinski definition) is 6. The molecule has 2 aromatic carbocycles. The summed E-state index contributed by atoms with van der Waals surface area (Å²) in [5, 5.41) is 0. The van der Waals surface area contributed by atoms with Gasteiger partial charge in [0, 0.05) is 10.6 Å². The van der Waals surface area contributed by atoms with Crippen molar-refractivity contribution in [2.75, 3.05) is 21.3 Å². The Balaban J connectivity index is 2.24. The molecule has 0 aliphatic heterocycles. The third kappa shape index (κ3) is 4.29. The summed E-state index contributed by atoms with van der Waals surface area (Å²) in [6.07, 6.45) is 0. The van der Waals surface area contributed by atoms with Gasteiger partial charge in [0.25, 0.3) is 0 Å². The molecule has 2 aromatic rings. The van der Waals surface area contributed by atoms with Crippen molar-refractivity contribution in [3.8, 4) is 5.75 Å². The summed E-state index contributed by atoms with van der Waals surface area (Å²) in [6, 6.07) is 12.4. The SMILES string of the molecule is COC(=O)c1ccc(C(=O)OC)c(SCc2ccc(OC)cc2)c1. The molecule has 0 atom stereocenters. The summed E-state index contributed by atoms with van der Waals surface area (Å²) < 4.78 is 14.7. The third-order valence-electron chi connectivity index (χ3n) is 3.36. The number of rotatable bonds is 6. The van der Waals surface area contributed by atoms with Crippen molar-refractivity contribution < 1.29 is 23.8 Å². The van der Waals surface area contributed by atoms with E-state index in [-0.39, 0.29) is 0 Å². The first-order chi connectivity index (χ1) is 11.6. The van der Waals surface area contributed by atoms with Crippen LogP contribution in [0.5, 0.6) is 5.75 Å². The average molecular weight is 346 g/mol. The highest BCUT2D eigenvalue weighted by Crippen LogP contribution is 2.29. The summed E-state index contributed by atoms with van der Waals surface area (Å²) in [5.41, 5.74) is 1.88. The molecule has 6 heteroatoms. The van der Waals surface area contributed by atoms with E-state index in [2.05, 4.69) is 0 Å². The summed E-state index contributed by atoms with van der Waals surface area (Å²) >= 11 is 1.45. The lowest BCUT2D eigenvalue weighted by Gasteiger charge is -2.10. The molecular formula is C18H18O5S.